The fourth-order valence-electron chi connectivity index (χ4n) is 3.28. The molecule has 0 spiro atoms. The monoisotopic (exact) mass is 342 g/mol. The Bertz CT molecular complexity index is 1150. The van der Waals surface area contributed by atoms with Gasteiger partial charge in [0.1, 0.15) is 0 Å². The summed E-state index contributed by atoms with van der Waals surface area (Å²) in [4.78, 5) is 19.6. The number of hydrogen-bond donors (Lipinski definition) is 2. The third kappa shape index (κ3) is 2.42. The Morgan fingerprint density at radius 3 is 2.12 bits per heavy atom. The van der Waals surface area contributed by atoms with Crippen molar-refractivity contribution in [2.75, 3.05) is 0 Å². The van der Waals surface area contributed by atoms with E-state index in [4.69, 9.17) is 0 Å². The van der Waals surface area contributed by atoms with Crippen molar-refractivity contribution in [1.29, 1.82) is 0 Å². The minimum absolute atomic E-state index is 0.176. The zero-order chi connectivity index (χ0) is 16.8. The summed E-state index contributed by atoms with van der Waals surface area (Å²) in [5.74, 6) is 0. The van der Waals surface area contributed by atoms with Gasteiger partial charge in [-0.3, -0.25) is 0 Å². The lowest BCUT2D eigenvalue weighted by Gasteiger charge is -2.22. The highest BCUT2D eigenvalue weighted by atomic mass is 32.2. The molecule has 0 saturated carbocycles. The number of imidazole rings is 1. The van der Waals surface area contributed by atoms with E-state index in [1.165, 1.54) is 26.5 Å². The van der Waals surface area contributed by atoms with E-state index in [2.05, 4.69) is 64.6 Å². The van der Waals surface area contributed by atoms with Crippen LogP contribution < -0.4 is 5.69 Å². The number of rotatable bonds is 1. The fourth-order valence-corrected chi connectivity index (χ4v) is 4.39. The number of fused-ring (bicyclic) bond motifs is 3. The van der Waals surface area contributed by atoms with Crippen LogP contribution in [0.15, 0.2) is 81.3 Å². The summed E-state index contributed by atoms with van der Waals surface area (Å²) >= 11 is 1.81. The van der Waals surface area contributed by atoms with Gasteiger partial charge in [0.25, 0.3) is 0 Å². The molecule has 0 aliphatic carbocycles. The molecule has 25 heavy (non-hydrogen) atoms. The van der Waals surface area contributed by atoms with Gasteiger partial charge in [0.15, 0.2) is 0 Å². The van der Waals surface area contributed by atoms with E-state index >= 15 is 0 Å². The quantitative estimate of drug-likeness (QED) is 0.455. The number of aromatic amines is 2. The van der Waals surface area contributed by atoms with Gasteiger partial charge in [0, 0.05) is 9.79 Å². The van der Waals surface area contributed by atoms with Gasteiger partial charge in [-0.25, -0.2) is 4.79 Å². The molecule has 0 fully saturated rings. The molecule has 0 amide bonds. The van der Waals surface area contributed by atoms with Crippen LogP contribution in [0, 0.1) is 0 Å². The average Bonchev–Trinajstić information content (AvgIpc) is 3.01. The molecule has 1 aliphatic heterocycles. The first-order valence-corrected chi connectivity index (χ1v) is 8.90. The minimum Gasteiger partial charge on any atom is -0.306 e. The molecule has 3 aromatic carbocycles. The summed E-state index contributed by atoms with van der Waals surface area (Å²) < 4.78 is 0. The van der Waals surface area contributed by atoms with Gasteiger partial charge in [-0.1, -0.05) is 54.2 Å². The van der Waals surface area contributed by atoms with Crippen LogP contribution in [0.3, 0.4) is 0 Å². The van der Waals surface area contributed by atoms with Crippen molar-refractivity contribution in [1.82, 2.24) is 9.97 Å². The van der Waals surface area contributed by atoms with E-state index in [0.29, 0.717) is 0 Å². The molecular weight excluding hydrogens is 328 g/mol. The van der Waals surface area contributed by atoms with Gasteiger partial charge in [0.2, 0.25) is 0 Å². The molecule has 2 heterocycles. The number of nitrogens with one attached hydrogen (secondary N) is 2. The summed E-state index contributed by atoms with van der Waals surface area (Å²) in [7, 11) is 0. The van der Waals surface area contributed by atoms with Crippen molar-refractivity contribution in [3.63, 3.8) is 0 Å². The standard InChI is InChI=1S/C21H14N2OS/c24-21-22-17-10-9-13(12-18(17)23-21)11-16-14-5-1-3-7-19(14)25-20-8-4-2-6-15(16)20/h1-12H,(H2,22,23,24). The number of benzene rings is 3. The lowest BCUT2D eigenvalue weighted by Crippen LogP contribution is -1.99. The van der Waals surface area contributed by atoms with Crippen LogP contribution in [0.4, 0.5) is 0 Å². The minimum atomic E-state index is -0.176. The smallest absolute Gasteiger partial charge is 0.306 e. The van der Waals surface area contributed by atoms with Crippen molar-refractivity contribution in [2.24, 2.45) is 0 Å². The van der Waals surface area contributed by atoms with E-state index in [1.807, 2.05) is 30.0 Å². The second-order valence-electron chi connectivity index (χ2n) is 6.04. The van der Waals surface area contributed by atoms with Crippen molar-refractivity contribution in [3.8, 4) is 0 Å². The van der Waals surface area contributed by atoms with Crippen LogP contribution in [0.2, 0.25) is 0 Å². The van der Waals surface area contributed by atoms with Gasteiger partial charge in [-0.2, -0.15) is 0 Å². The number of hydrogen-bond acceptors (Lipinski definition) is 2. The van der Waals surface area contributed by atoms with Gasteiger partial charge in [-0.15, -0.1) is 0 Å². The first-order valence-electron chi connectivity index (χ1n) is 8.08. The lowest BCUT2D eigenvalue weighted by molar-refractivity contribution is 1.21. The average molecular weight is 342 g/mol. The molecule has 5 rings (SSSR count). The lowest BCUT2D eigenvalue weighted by atomic mass is 9.95. The highest BCUT2D eigenvalue weighted by Gasteiger charge is 2.20. The maximum absolute atomic E-state index is 11.5. The molecule has 0 atom stereocenters. The Hall–Kier alpha value is -2.98. The molecule has 2 N–H and O–H groups in total. The van der Waals surface area contributed by atoms with Gasteiger partial charge in [-0.05, 0) is 52.6 Å². The van der Waals surface area contributed by atoms with E-state index in [-0.39, 0.29) is 5.69 Å². The zero-order valence-electron chi connectivity index (χ0n) is 13.2. The van der Waals surface area contributed by atoms with Crippen molar-refractivity contribution in [2.45, 2.75) is 9.79 Å². The molecule has 3 nitrogen and oxygen atoms in total. The third-order valence-corrected chi connectivity index (χ3v) is 5.58. The number of H-pyrrole nitrogens is 2. The molecule has 120 valence electrons. The van der Waals surface area contributed by atoms with E-state index in [1.54, 1.807) is 0 Å². The molecule has 1 aliphatic rings. The van der Waals surface area contributed by atoms with Crippen LogP contribution in [0.1, 0.15) is 16.7 Å². The van der Waals surface area contributed by atoms with Crippen LogP contribution in [0.5, 0.6) is 0 Å². The van der Waals surface area contributed by atoms with E-state index in [9.17, 15) is 4.79 Å². The predicted molar refractivity (Wildman–Crippen MR) is 103 cm³/mol. The molecule has 0 radical (unpaired) electrons. The molecule has 0 unspecified atom stereocenters. The molecule has 4 heteroatoms. The molecule has 1 aromatic heterocycles. The van der Waals surface area contributed by atoms with Gasteiger partial charge in [0.05, 0.1) is 11.0 Å². The largest absolute Gasteiger partial charge is 0.323 e. The van der Waals surface area contributed by atoms with Crippen LogP contribution in [-0.4, -0.2) is 9.97 Å². The van der Waals surface area contributed by atoms with Gasteiger partial charge >= 0.3 is 5.69 Å². The molecule has 4 aromatic rings. The van der Waals surface area contributed by atoms with Crippen molar-refractivity contribution in [3.05, 3.63) is 93.9 Å². The van der Waals surface area contributed by atoms with Crippen molar-refractivity contribution < 1.29 is 0 Å². The van der Waals surface area contributed by atoms with Gasteiger partial charge < -0.3 is 9.97 Å². The predicted octanol–water partition coefficient (Wildman–Crippen LogP) is 4.91. The Balaban J connectivity index is 1.74. The summed E-state index contributed by atoms with van der Waals surface area (Å²) in [5.41, 5.74) is 6.24. The Labute approximate surface area is 148 Å². The normalized spacial score (nSPS) is 12.7. The Morgan fingerprint density at radius 2 is 1.40 bits per heavy atom. The zero-order valence-corrected chi connectivity index (χ0v) is 14.1. The SMILES string of the molecule is O=c1[nH]c2ccc(C=C3c4ccccc4Sc4ccccc43)cc2[nH]1. The summed E-state index contributed by atoms with van der Waals surface area (Å²) in [6.07, 6.45) is 2.20. The van der Waals surface area contributed by atoms with E-state index < -0.39 is 0 Å². The summed E-state index contributed by atoms with van der Waals surface area (Å²) in [5, 5.41) is 0. The summed E-state index contributed by atoms with van der Waals surface area (Å²) in [6.45, 7) is 0. The summed E-state index contributed by atoms with van der Waals surface area (Å²) in [6, 6.07) is 23.0. The Morgan fingerprint density at radius 1 is 0.760 bits per heavy atom. The highest BCUT2D eigenvalue weighted by molar-refractivity contribution is 7.99. The third-order valence-electron chi connectivity index (χ3n) is 4.43. The van der Waals surface area contributed by atoms with E-state index in [0.717, 1.165) is 16.6 Å². The molecular formula is C21H14N2OS. The van der Waals surface area contributed by atoms with Crippen molar-refractivity contribution >= 4 is 34.4 Å². The molecule has 0 bridgehead atoms. The second-order valence-corrected chi connectivity index (χ2v) is 7.12. The molecule has 0 saturated heterocycles. The topological polar surface area (TPSA) is 48.6 Å². The first kappa shape index (κ1) is 14.4. The highest BCUT2D eigenvalue weighted by Crippen LogP contribution is 2.45. The maximum atomic E-state index is 11.5. The first-order chi connectivity index (χ1) is 12.3. The fraction of sp³-hybridized carbons (Fsp3) is 0. The van der Waals surface area contributed by atoms with Crippen LogP contribution >= 0.6 is 11.8 Å². The second kappa shape index (κ2) is 5.53. The number of aromatic nitrogens is 2. The maximum Gasteiger partial charge on any atom is 0.323 e. The van der Waals surface area contributed by atoms with Crippen LogP contribution in [0.25, 0.3) is 22.7 Å². The van der Waals surface area contributed by atoms with Crippen LogP contribution in [-0.2, 0) is 0 Å². The Kier molecular flexibility index (Phi) is 3.18.